The molecule has 2 nitrogen and oxygen atoms in total. The summed E-state index contributed by atoms with van der Waals surface area (Å²) in [6.45, 7) is 0. The van der Waals surface area contributed by atoms with E-state index in [2.05, 4.69) is 17.4 Å². The van der Waals surface area contributed by atoms with Gasteiger partial charge in [0.1, 0.15) is 0 Å². The van der Waals surface area contributed by atoms with Gasteiger partial charge in [-0.1, -0.05) is 18.2 Å². The number of hydrogen-bond acceptors (Lipinski definition) is 1. The van der Waals surface area contributed by atoms with E-state index in [1.807, 2.05) is 36.4 Å². The molecule has 60 valence electrons. The van der Waals surface area contributed by atoms with Crippen molar-refractivity contribution in [1.29, 1.82) is 0 Å². The fourth-order valence-electron chi connectivity index (χ4n) is 1.49. The number of aromatic nitrogens is 2. The molecule has 0 aliphatic rings. The van der Waals surface area contributed by atoms with Crippen molar-refractivity contribution in [3.05, 3.63) is 48.7 Å². The molecule has 0 N–H and O–H groups in total. The minimum Gasteiger partial charge on any atom is -0.230 e. The highest BCUT2D eigenvalue weighted by atomic mass is 15.2. The minimum absolute atomic E-state index is 0.963. The Bertz CT molecular complexity index is 516. The second kappa shape index (κ2) is 2.33. The third kappa shape index (κ3) is 0.855. The van der Waals surface area contributed by atoms with Gasteiger partial charge in [-0.3, -0.25) is 0 Å². The summed E-state index contributed by atoms with van der Waals surface area (Å²) in [5.74, 6) is 0. The highest BCUT2D eigenvalue weighted by Gasteiger charge is 2.01. The van der Waals surface area contributed by atoms with Crippen LogP contribution in [0.15, 0.2) is 36.4 Å². The Kier molecular flexibility index (Phi) is 1.19. The van der Waals surface area contributed by atoms with Gasteiger partial charge >= 0.3 is 0 Å². The molecule has 3 rings (SSSR count). The largest absolute Gasteiger partial charge is 0.230 e. The van der Waals surface area contributed by atoms with Crippen LogP contribution in [0.4, 0.5) is 0 Å². The zero-order chi connectivity index (χ0) is 8.67. The maximum atomic E-state index is 4.35. The van der Waals surface area contributed by atoms with Gasteiger partial charge < -0.3 is 0 Å². The molecular weight excluding hydrogens is 160 g/mol. The van der Waals surface area contributed by atoms with Gasteiger partial charge in [-0.2, -0.15) is 5.10 Å². The lowest BCUT2D eigenvalue weighted by Gasteiger charge is -1.87. The van der Waals surface area contributed by atoms with Crippen LogP contribution in [0, 0.1) is 12.3 Å². The first-order valence-electron chi connectivity index (χ1n) is 4.11. The van der Waals surface area contributed by atoms with Crippen LogP contribution in [0.1, 0.15) is 0 Å². The van der Waals surface area contributed by atoms with E-state index < -0.39 is 0 Å². The molecular formula is C11H6N2. The Balaban J connectivity index is 2.64. The minimum atomic E-state index is 0.963. The van der Waals surface area contributed by atoms with Gasteiger partial charge in [0.05, 0.1) is 17.2 Å². The molecule has 0 fully saturated rings. The molecule has 2 heteroatoms. The van der Waals surface area contributed by atoms with Crippen molar-refractivity contribution < 1.29 is 0 Å². The summed E-state index contributed by atoms with van der Waals surface area (Å²) in [5.41, 5.74) is 2.02. The second-order valence-corrected chi connectivity index (χ2v) is 2.88. The first-order valence-corrected chi connectivity index (χ1v) is 4.11. The van der Waals surface area contributed by atoms with Crippen LogP contribution in [-0.4, -0.2) is 9.61 Å². The fraction of sp³-hybridized carbons (Fsp3) is 0. The lowest BCUT2D eigenvalue weighted by atomic mass is 10.2. The lowest BCUT2D eigenvalue weighted by molar-refractivity contribution is 0.973. The number of nitrogens with zero attached hydrogens (tertiary/aromatic N) is 2. The van der Waals surface area contributed by atoms with E-state index in [-0.39, 0.29) is 0 Å². The quantitative estimate of drug-likeness (QED) is 0.499. The van der Waals surface area contributed by atoms with Gasteiger partial charge in [-0.15, -0.1) is 0 Å². The maximum absolute atomic E-state index is 4.35. The van der Waals surface area contributed by atoms with Gasteiger partial charge in [-0.25, -0.2) is 4.52 Å². The molecule has 0 atom stereocenters. The molecule has 2 heterocycles. The summed E-state index contributed by atoms with van der Waals surface area (Å²) in [7, 11) is 0. The topological polar surface area (TPSA) is 17.3 Å². The molecule has 13 heavy (non-hydrogen) atoms. The van der Waals surface area contributed by atoms with E-state index in [9.17, 15) is 0 Å². The van der Waals surface area contributed by atoms with Gasteiger partial charge in [0.15, 0.2) is 0 Å². The van der Waals surface area contributed by atoms with E-state index in [0.29, 0.717) is 0 Å². The van der Waals surface area contributed by atoms with Crippen molar-refractivity contribution in [2.45, 2.75) is 0 Å². The molecule has 0 bridgehead atoms. The van der Waals surface area contributed by atoms with Crippen molar-refractivity contribution in [3.8, 4) is 0 Å². The number of benzene rings is 1. The first-order chi connectivity index (χ1) is 6.45. The Morgan fingerprint density at radius 1 is 1.15 bits per heavy atom. The third-order valence-electron chi connectivity index (χ3n) is 2.07. The van der Waals surface area contributed by atoms with Gasteiger partial charge in [0, 0.05) is 5.39 Å². The molecule has 2 radical (unpaired) electrons. The van der Waals surface area contributed by atoms with Crippen molar-refractivity contribution in [2.24, 2.45) is 0 Å². The summed E-state index contributed by atoms with van der Waals surface area (Å²) in [4.78, 5) is 0. The van der Waals surface area contributed by atoms with E-state index in [1.54, 1.807) is 4.52 Å². The molecule has 0 amide bonds. The molecule has 0 spiro atoms. The van der Waals surface area contributed by atoms with Crippen molar-refractivity contribution in [1.82, 2.24) is 9.61 Å². The van der Waals surface area contributed by atoms with Gasteiger partial charge in [-0.05, 0) is 24.3 Å². The number of fused-ring (bicyclic) bond motifs is 3. The van der Waals surface area contributed by atoms with Crippen molar-refractivity contribution in [2.75, 3.05) is 0 Å². The number of rotatable bonds is 0. The number of hydrogen-bond donors (Lipinski definition) is 0. The monoisotopic (exact) mass is 166 g/mol. The molecule has 0 aliphatic carbocycles. The molecule has 3 aromatic rings. The third-order valence-corrected chi connectivity index (χ3v) is 2.07. The molecule has 0 aliphatic heterocycles. The van der Waals surface area contributed by atoms with Crippen molar-refractivity contribution in [3.63, 3.8) is 0 Å². The van der Waals surface area contributed by atoms with E-state index in [0.717, 1.165) is 16.4 Å². The van der Waals surface area contributed by atoms with Crippen LogP contribution in [0.5, 0.6) is 0 Å². The molecule has 0 saturated carbocycles. The van der Waals surface area contributed by atoms with E-state index in [4.69, 9.17) is 0 Å². The summed E-state index contributed by atoms with van der Waals surface area (Å²) in [6.07, 6.45) is 3.03. The Labute approximate surface area is 75.4 Å². The number of pyridine rings is 1. The van der Waals surface area contributed by atoms with Crippen LogP contribution in [-0.2, 0) is 0 Å². The van der Waals surface area contributed by atoms with Crippen LogP contribution >= 0.6 is 0 Å². The Morgan fingerprint density at radius 3 is 3.08 bits per heavy atom. The standard InChI is InChI=1S/C11H6N2/c1-2-6-10-9(5-1)11-7-3-4-8-13(11)12-10/h1-4,6-7H. The van der Waals surface area contributed by atoms with E-state index >= 15 is 0 Å². The van der Waals surface area contributed by atoms with Gasteiger partial charge in [0.25, 0.3) is 0 Å². The SMILES string of the molecule is [c]1cccc2nn3[c]cccc3c12. The Hall–Kier alpha value is -1.83. The summed E-state index contributed by atoms with van der Waals surface area (Å²) in [6, 6.07) is 14.8. The average Bonchev–Trinajstić information content (AvgIpc) is 2.56. The Morgan fingerprint density at radius 2 is 2.08 bits per heavy atom. The molecule has 2 aromatic heterocycles. The second-order valence-electron chi connectivity index (χ2n) is 2.88. The van der Waals surface area contributed by atoms with E-state index in [1.165, 1.54) is 0 Å². The average molecular weight is 166 g/mol. The summed E-state index contributed by atoms with van der Waals surface area (Å²) in [5, 5.41) is 5.40. The predicted octanol–water partition coefficient (Wildman–Crippen LogP) is 2.09. The van der Waals surface area contributed by atoms with Crippen molar-refractivity contribution >= 4 is 16.4 Å². The predicted molar refractivity (Wildman–Crippen MR) is 50.4 cm³/mol. The smallest absolute Gasteiger partial charge is 0.0940 e. The van der Waals surface area contributed by atoms with Crippen LogP contribution in [0.2, 0.25) is 0 Å². The molecule has 1 aromatic carbocycles. The maximum Gasteiger partial charge on any atom is 0.0940 e. The highest BCUT2D eigenvalue weighted by Crippen LogP contribution is 2.17. The zero-order valence-corrected chi connectivity index (χ0v) is 6.86. The normalized spacial score (nSPS) is 11.1. The van der Waals surface area contributed by atoms with Crippen LogP contribution in [0.3, 0.4) is 0 Å². The molecule has 0 unspecified atom stereocenters. The highest BCUT2D eigenvalue weighted by molar-refractivity contribution is 5.93. The zero-order valence-electron chi connectivity index (χ0n) is 6.86. The van der Waals surface area contributed by atoms with Gasteiger partial charge in [0.2, 0.25) is 0 Å². The first kappa shape index (κ1) is 6.66. The van der Waals surface area contributed by atoms with Crippen LogP contribution in [0.25, 0.3) is 16.4 Å². The summed E-state index contributed by atoms with van der Waals surface area (Å²) < 4.78 is 1.75. The summed E-state index contributed by atoms with van der Waals surface area (Å²) >= 11 is 0. The lowest BCUT2D eigenvalue weighted by Crippen LogP contribution is -1.83. The molecule has 0 saturated heterocycles. The fourth-order valence-corrected chi connectivity index (χ4v) is 1.49. The van der Waals surface area contributed by atoms with Crippen LogP contribution < -0.4 is 0 Å².